The van der Waals surface area contributed by atoms with Crippen molar-refractivity contribution < 1.29 is 9.90 Å². The van der Waals surface area contributed by atoms with Crippen molar-refractivity contribution in [3.8, 4) is 0 Å². The highest BCUT2D eigenvalue weighted by Crippen LogP contribution is 2.24. The molecule has 1 aromatic rings. The molecule has 0 fully saturated rings. The third-order valence-corrected chi connectivity index (χ3v) is 2.95. The first-order valence-corrected chi connectivity index (χ1v) is 5.47. The van der Waals surface area contributed by atoms with Gasteiger partial charge >= 0.3 is 5.97 Å². The number of carbonyl (C=O) groups is 1. The Morgan fingerprint density at radius 2 is 2.20 bits per heavy atom. The molecule has 80 valence electrons. The number of hydrogen-bond donors (Lipinski definition) is 1. The molecule has 0 spiro atoms. The van der Waals surface area contributed by atoms with Crippen LogP contribution in [0.3, 0.4) is 0 Å². The van der Waals surface area contributed by atoms with E-state index in [2.05, 4.69) is 4.98 Å². The van der Waals surface area contributed by atoms with Crippen molar-refractivity contribution >= 4 is 5.97 Å². The third-order valence-electron chi connectivity index (χ3n) is 2.95. The van der Waals surface area contributed by atoms with Crippen LogP contribution in [0.2, 0.25) is 0 Å². The van der Waals surface area contributed by atoms with E-state index >= 15 is 0 Å². The molecule has 1 N–H and O–H groups in total. The van der Waals surface area contributed by atoms with Crippen molar-refractivity contribution in [2.24, 2.45) is 0 Å². The van der Waals surface area contributed by atoms with Gasteiger partial charge in [-0.3, -0.25) is 4.98 Å². The maximum absolute atomic E-state index is 11.1. The van der Waals surface area contributed by atoms with Crippen LogP contribution in [-0.2, 0) is 19.3 Å². The van der Waals surface area contributed by atoms with Crippen molar-refractivity contribution in [3.63, 3.8) is 0 Å². The van der Waals surface area contributed by atoms with Crippen LogP contribution in [0.1, 0.15) is 47.1 Å². The number of nitrogens with zero attached hydrogens (tertiary/aromatic N) is 1. The maximum Gasteiger partial charge on any atom is 0.336 e. The summed E-state index contributed by atoms with van der Waals surface area (Å²) in [5.41, 5.74) is 3.34. The molecule has 0 aliphatic heterocycles. The van der Waals surface area contributed by atoms with Crippen LogP contribution in [0.4, 0.5) is 0 Å². The Kier molecular flexibility index (Phi) is 2.71. The SMILES string of the molecule is CCc1cc(C(=O)O)c2c(n1)CCCC2. The fraction of sp³-hybridized carbons (Fsp3) is 0.500. The Bertz CT molecular complexity index is 399. The van der Waals surface area contributed by atoms with Gasteiger partial charge in [-0.2, -0.15) is 0 Å². The van der Waals surface area contributed by atoms with Crippen LogP contribution in [-0.4, -0.2) is 16.1 Å². The molecule has 2 rings (SSSR count). The van der Waals surface area contributed by atoms with Gasteiger partial charge in [0, 0.05) is 11.4 Å². The monoisotopic (exact) mass is 205 g/mol. The summed E-state index contributed by atoms with van der Waals surface area (Å²) in [6, 6.07) is 1.73. The number of aromatic carboxylic acids is 1. The number of aromatic nitrogens is 1. The van der Waals surface area contributed by atoms with Gasteiger partial charge in [-0.1, -0.05) is 6.92 Å². The average molecular weight is 205 g/mol. The molecule has 1 aliphatic rings. The number of rotatable bonds is 2. The smallest absolute Gasteiger partial charge is 0.336 e. The van der Waals surface area contributed by atoms with E-state index in [1.54, 1.807) is 6.07 Å². The van der Waals surface area contributed by atoms with Crippen molar-refractivity contribution in [2.75, 3.05) is 0 Å². The molecule has 1 aromatic heterocycles. The zero-order valence-corrected chi connectivity index (χ0v) is 8.92. The minimum atomic E-state index is -0.815. The highest BCUT2D eigenvalue weighted by Gasteiger charge is 2.19. The van der Waals surface area contributed by atoms with Crippen LogP contribution < -0.4 is 0 Å². The lowest BCUT2D eigenvalue weighted by atomic mass is 9.91. The highest BCUT2D eigenvalue weighted by atomic mass is 16.4. The van der Waals surface area contributed by atoms with Crippen molar-refractivity contribution in [1.82, 2.24) is 4.98 Å². The number of fused-ring (bicyclic) bond motifs is 1. The summed E-state index contributed by atoms with van der Waals surface area (Å²) in [5.74, 6) is -0.815. The van der Waals surface area contributed by atoms with Crippen LogP contribution in [0, 0.1) is 0 Å². The first kappa shape index (κ1) is 10.1. The van der Waals surface area contributed by atoms with E-state index in [-0.39, 0.29) is 0 Å². The largest absolute Gasteiger partial charge is 0.478 e. The molecule has 0 aromatic carbocycles. The van der Waals surface area contributed by atoms with Crippen LogP contribution in [0.15, 0.2) is 6.07 Å². The minimum Gasteiger partial charge on any atom is -0.478 e. The molecule has 1 aliphatic carbocycles. The van der Waals surface area contributed by atoms with E-state index < -0.39 is 5.97 Å². The fourth-order valence-electron chi connectivity index (χ4n) is 2.13. The van der Waals surface area contributed by atoms with Gasteiger partial charge in [-0.05, 0) is 43.7 Å². The standard InChI is InChI=1S/C12H15NO2/c1-2-8-7-10(12(14)15)9-5-3-4-6-11(9)13-8/h7H,2-6H2,1H3,(H,14,15). The third kappa shape index (κ3) is 1.87. The number of hydrogen-bond acceptors (Lipinski definition) is 2. The zero-order valence-electron chi connectivity index (χ0n) is 8.92. The predicted octanol–water partition coefficient (Wildman–Crippen LogP) is 2.22. The van der Waals surface area contributed by atoms with E-state index in [1.807, 2.05) is 6.92 Å². The summed E-state index contributed by atoms with van der Waals surface area (Å²) >= 11 is 0. The normalized spacial score (nSPS) is 14.7. The molecule has 3 heteroatoms. The molecule has 0 amide bonds. The lowest BCUT2D eigenvalue weighted by Gasteiger charge is -2.17. The predicted molar refractivity (Wildman–Crippen MR) is 57.2 cm³/mol. The molecule has 0 saturated carbocycles. The highest BCUT2D eigenvalue weighted by molar-refractivity contribution is 5.89. The van der Waals surface area contributed by atoms with Gasteiger partial charge in [0.1, 0.15) is 0 Å². The van der Waals surface area contributed by atoms with E-state index in [4.69, 9.17) is 5.11 Å². The van der Waals surface area contributed by atoms with Gasteiger partial charge in [-0.15, -0.1) is 0 Å². The van der Waals surface area contributed by atoms with Crippen molar-refractivity contribution in [3.05, 3.63) is 28.6 Å². The number of pyridine rings is 1. The van der Waals surface area contributed by atoms with Crippen LogP contribution >= 0.6 is 0 Å². The van der Waals surface area contributed by atoms with Crippen molar-refractivity contribution in [1.29, 1.82) is 0 Å². The second kappa shape index (κ2) is 4.01. The molecular formula is C12H15NO2. The quantitative estimate of drug-likeness (QED) is 0.805. The summed E-state index contributed by atoms with van der Waals surface area (Å²) in [6.07, 6.45) is 4.82. The van der Waals surface area contributed by atoms with Crippen molar-refractivity contribution in [2.45, 2.75) is 39.0 Å². The topological polar surface area (TPSA) is 50.2 Å². The minimum absolute atomic E-state index is 0.469. The molecule has 0 radical (unpaired) electrons. The van der Waals surface area contributed by atoms with Gasteiger partial charge in [0.2, 0.25) is 0 Å². The zero-order chi connectivity index (χ0) is 10.8. The Hall–Kier alpha value is -1.38. The molecule has 0 atom stereocenters. The summed E-state index contributed by atoms with van der Waals surface area (Å²) in [7, 11) is 0. The van der Waals surface area contributed by atoms with Crippen LogP contribution in [0.5, 0.6) is 0 Å². The summed E-state index contributed by atoms with van der Waals surface area (Å²) < 4.78 is 0. The first-order valence-electron chi connectivity index (χ1n) is 5.47. The molecule has 0 saturated heterocycles. The molecule has 15 heavy (non-hydrogen) atoms. The van der Waals surface area contributed by atoms with Gasteiger partial charge in [-0.25, -0.2) is 4.79 Å². The van der Waals surface area contributed by atoms with Gasteiger partial charge in [0.05, 0.1) is 5.56 Å². The summed E-state index contributed by atoms with van der Waals surface area (Å²) in [4.78, 5) is 15.6. The van der Waals surface area contributed by atoms with Crippen LogP contribution in [0.25, 0.3) is 0 Å². The number of carboxylic acids is 1. The van der Waals surface area contributed by atoms with E-state index in [0.29, 0.717) is 5.56 Å². The number of aryl methyl sites for hydroxylation is 2. The van der Waals surface area contributed by atoms with Gasteiger partial charge in [0.15, 0.2) is 0 Å². The number of carboxylic acid groups (broad SMARTS) is 1. The van der Waals surface area contributed by atoms with Gasteiger partial charge < -0.3 is 5.11 Å². The molecular weight excluding hydrogens is 190 g/mol. The van der Waals surface area contributed by atoms with Gasteiger partial charge in [0.25, 0.3) is 0 Å². The summed E-state index contributed by atoms with van der Waals surface area (Å²) in [5, 5.41) is 9.13. The average Bonchev–Trinajstić information content (AvgIpc) is 2.27. The Morgan fingerprint density at radius 3 is 2.87 bits per heavy atom. The molecule has 0 unspecified atom stereocenters. The Morgan fingerprint density at radius 1 is 1.47 bits per heavy atom. The summed E-state index contributed by atoms with van der Waals surface area (Å²) in [6.45, 7) is 2.00. The van der Waals surface area contributed by atoms with E-state index in [9.17, 15) is 4.79 Å². The Labute approximate surface area is 89.2 Å². The lowest BCUT2D eigenvalue weighted by molar-refractivity contribution is 0.0695. The lowest BCUT2D eigenvalue weighted by Crippen LogP contribution is -2.13. The van der Waals surface area contributed by atoms with E-state index in [0.717, 1.165) is 49.1 Å². The molecule has 3 nitrogen and oxygen atoms in total. The second-order valence-electron chi connectivity index (χ2n) is 3.95. The Balaban J connectivity index is 2.55. The second-order valence-corrected chi connectivity index (χ2v) is 3.95. The fourth-order valence-corrected chi connectivity index (χ4v) is 2.13. The molecule has 1 heterocycles. The van der Waals surface area contributed by atoms with E-state index in [1.165, 1.54) is 0 Å². The molecule has 0 bridgehead atoms. The first-order chi connectivity index (χ1) is 7.22. The maximum atomic E-state index is 11.1.